The van der Waals surface area contributed by atoms with E-state index in [0.29, 0.717) is 22.6 Å². The van der Waals surface area contributed by atoms with E-state index in [-0.39, 0.29) is 18.7 Å². The topological polar surface area (TPSA) is 92.8 Å². The summed E-state index contributed by atoms with van der Waals surface area (Å²) >= 11 is 5.81. The molecule has 2 amide bonds. The van der Waals surface area contributed by atoms with Gasteiger partial charge in [0, 0.05) is 22.6 Å². The second-order valence-corrected chi connectivity index (χ2v) is 7.35. The second-order valence-electron chi connectivity index (χ2n) is 6.92. The van der Waals surface area contributed by atoms with Crippen LogP contribution in [0.25, 0.3) is 0 Å². The molecule has 7 nitrogen and oxygen atoms in total. The molecule has 0 spiro atoms. The Bertz CT molecular complexity index is 946. The van der Waals surface area contributed by atoms with Gasteiger partial charge in [-0.05, 0) is 30.7 Å². The number of rotatable bonds is 7. The average molecular weight is 429 g/mol. The number of ketones is 1. The van der Waals surface area contributed by atoms with E-state index >= 15 is 0 Å². The highest BCUT2D eigenvalue weighted by molar-refractivity contribution is 6.30. The van der Waals surface area contributed by atoms with Crippen LogP contribution in [0.3, 0.4) is 0 Å². The molecule has 30 heavy (non-hydrogen) atoms. The average Bonchev–Trinajstić information content (AvgIpc) is 3.12. The van der Waals surface area contributed by atoms with Crippen molar-refractivity contribution in [2.75, 3.05) is 6.54 Å². The summed E-state index contributed by atoms with van der Waals surface area (Å²) in [6.07, 6.45) is -0.708. The molecule has 0 radical (unpaired) electrons. The molecular formula is C22H21ClN2O5. The van der Waals surface area contributed by atoms with Crippen molar-refractivity contribution in [3.05, 3.63) is 70.7 Å². The number of hydrogen-bond donors (Lipinski definition) is 1. The molecule has 1 aliphatic rings. The van der Waals surface area contributed by atoms with Gasteiger partial charge in [-0.25, -0.2) is 0 Å². The van der Waals surface area contributed by atoms with Crippen LogP contribution in [0.4, 0.5) is 0 Å². The van der Waals surface area contributed by atoms with Gasteiger partial charge in [0.15, 0.2) is 6.10 Å². The molecule has 1 N–H and O–H groups in total. The molecule has 1 fully saturated rings. The lowest BCUT2D eigenvalue weighted by Gasteiger charge is -2.19. The number of hydrogen-bond acceptors (Lipinski definition) is 5. The van der Waals surface area contributed by atoms with Gasteiger partial charge >= 0.3 is 5.97 Å². The third kappa shape index (κ3) is 5.04. The second kappa shape index (κ2) is 9.54. The third-order valence-corrected chi connectivity index (χ3v) is 5.03. The first kappa shape index (κ1) is 21.5. The van der Waals surface area contributed by atoms with Crippen molar-refractivity contribution < 1.29 is 23.9 Å². The molecule has 156 valence electrons. The Morgan fingerprint density at radius 3 is 2.40 bits per heavy atom. The number of carbonyl (C=O) groups is 4. The summed E-state index contributed by atoms with van der Waals surface area (Å²) < 4.78 is 5.40. The van der Waals surface area contributed by atoms with Gasteiger partial charge in [0.05, 0.1) is 12.5 Å². The van der Waals surface area contributed by atoms with E-state index < -0.39 is 29.8 Å². The van der Waals surface area contributed by atoms with E-state index in [4.69, 9.17) is 16.3 Å². The van der Waals surface area contributed by atoms with Crippen LogP contribution in [0.5, 0.6) is 0 Å². The number of ether oxygens (including phenoxy) is 1. The molecular weight excluding hydrogens is 408 g/mol. The molecule has 1 heterocycles. The first-order chi connectivity index (χ1) is 14.4. The minimum atomic E-state index is -0.923. The van der Waals surface area contributed by atoms with E-state index in [0.717, 1.165) is 5.01 Å². The first-order valence-corrected chi connectivity index (χ1v) is 9.93. The minimum Gasteiger partial charge on any atom is -0.454 e. The van der Waals surface area contributed by atoms with Gasteiger partial charge in [0.2, 0.25) is 11.7 Å². The molecule has 0 aliphatic carbocycles. The smallest absolute Gasteiger partial charge is 0.312 e. The Labute approximate surface area is 178 Å². The number of Topliss-reactive ketones (excluding diaryl/α,β-unsaturated/α-hetero) is 1. The monoisotopic (exact) mass is 428 g/mol. The summed E-state index contributed by atoms with van der Waals surface area (Å²) in [5, 5.41) is 1.59. The zero-order valence-electron chi connectivity index (χ0n) is 16.3. The zero-order valence-corrected chi connectivity index (χ0v) is 17.1. The maximum absolute atomic E-state index is 12.6. The fourth-order valence-electron chi connectivity index (χ4n) is 3.11. The van der Waals surface area contributed by atoms with Crippen LogP contribution < -0.4 is 5.43 Å². The van der Waals surface area contributed by atoms with Crippen molar-refractivity contribution in [1.82, 2.24) is 10.4 Å². The molecule has 2 atom stereocenters. The Balaban J connectivity index is 1.59. The number of halogens is 1. The summed E-state index contributed by atoms with van der Waals surface area (Å²) in [7, 11) is 0. The minimum absolute atomic E-state index is 0.0209. The van der Waals surface area contributed by atoms with Gasteiger partial charge in [0.25, 0.3) is 5.91 Å². The zero-order chi connectivity index (χ0) is 21.7. The van der Waals surface area contributed by atoms with Crippen LogP contribution in [0, 0.1) is 5.92 Å². The molecule has 2 aromatic carbocycles. The molecule has 0 bridgehead atoms. The normalized spacial score (nSPS) is 16.8. The number of carbonyl (C=O) groups excluding carboxylic acids is 4. The maximum Gasteiger partial charge on any atom is 0.312 e. The molecule has 8 heteroatoms. The number of benzene rings is 2. The lowest BCUT2D eigenvalue weighted by Crippen LogP contribution is -2.43. The molecule has 1 aliphatic heterocycles. The predicted octanol–water partition coefficient (Wildman–Crippen LogP) is 3.04. The van der Waals surface area contributed by atoms with E-state index in [1.54, 1.807) is 49.4 Å². The van der Waals surface area contributed by atoms with E-state index in [1.165, 1.54) is 12.1 Å². The van der Waals surface area contributed by atoms with Crippen LogP contribution in [-0.4, -0.2) is 41.2 Å². The SMILES string of the molecule is CC[C@H](OC(=O)[C@H]1CC(=O)N(NC(=O)c2ccc(Cl)cc2)C1)C(=O)c1ccccc1. The quantitative estimate of drug-likeness (QED) is 0.540. The van der Waals surface area contributed by atoms with E-state index in [9.17, 15) is 19.2 Å². The summed E-state index contributed by atoms with van der Waals surface area (Å²) in [5.41, 5.74) is 3.28. The van der Waals surface area contributed by atoms with Gasteiger partial charge < -0.3 is 4.74 Å². The number of nitrogens with zero attached hydrogens (tertiary/aromatic N) is 1. The highest BCUT2D eigenvalue weighted by Crippen LogP contribution is 2.20. The van der Waals surface area contributed by atoms with Gasteiger partial charge in [0.1, 0.15) is 0 Å². The van der Waals surface area contributed by atoms with Crippen LogP contribution in [0.15, 0.2) is 54.6 Å². The van der Waals surface area contributed by atoms with Crippen molar-refractivity contribution in [2.24, 2.45) is 5.92 Å². The van der Waals surface area contributed by atoms with Crippen LogP contribution in [0.2, 0.25) is 5.02 Å². The number of amides is 2. The Morgan fingerprint density at radius 1 is 1.10 bits per heavy atom. The van der Waals surface area contributed by atoms with Crippen molar-refractivity contribution in [3.63, 3.8) is 0 Å². The molecule has 0 aromatic heterocycles. The first-order valence-electron chi connectivity index (χ1n) is 9.55. The number of esters is 1. The predicted molar refractivity (Wildman–Crippen MR) is 110 cm³/mol. The lowest BCUT2D eigenvalue weighted by molar-refractivity contribution is -0.151. The van der Waals surface area contributed by atoms with Crippen LogP contribution in [-0.2, 0) is 14.3 Å². The summed E-state index contributed by atoms with van der Waals surface area (Å²) in [6.45, 7) is 1.73. The van der Waals surface area contributed by atoms with E-state index in [1.807, 2.05) is 0 Å². The van der Waals surface area contributed by atoms with Crippen molar-refractivity contribution in [3.8, 4) is 0 Å². The van der Waals surface area contributed by atoms with Crippen LogP contribution in [0.1, 0.15) is 40.5 Å². The highest BCUT2D eigenvalue weighted by atomic mass is 35.5. The van der Waals surface area contributed by atoms with Gasteiger partial charge in [-0.15, -0.1) is 0 Å². The number of hydrazine groups is 1. The van der Waals surface area contributed by atoms with Crippen molar-refractivity contribution in [2.45, 2.75) is 25.9 Å². The van der Waals surface area contributed by atoms with Crippen molar-refractivity contribution in [1.29, 1.82) is 0 Å². The molecule has 0 saturated carbocycles. The maximum atomic E-state index is 12.6. The van der Waals surface area contributed by atoms with Gasteiger partial charge in [-0.3, -0.25) is 29.6 Å². The standard InChI is InChI=1S/C22H21ClN2O5/c1-2-18(20(27)14-6-4-3-5-7-14)30-22(29)16-12-19(26)25(13-16)24-21(28)15-8-10-17(23)11-9-15/h3-11,16,18H,2,12-13H2,1H3,(H,24,28)/t16-,18-/m0/s1. The number of nitrogens with one attached hydrogen (secondary N) is 1. The molecule has 3 rings (SSSR count). The van der Waals surface area contributed by atoms with E-state index in [2.05, 4.69) is 5.43 Å². The fraction of sp³-hybridized carbons (Fsp3) is 0.273. The Kier molecular flexibility index (Phi) is 6.84. The summed E-state index contributed by atoms with van der Waals surface area (Å²) in [6, 6.07) is 14.8. The van der Waals surface area contributed by atoms with Crippen LogP contribution >= 0.6 is 11.6 Å². The Morgan fingerprint density at radius 2 is 1.77 bits per heavy atom. The highest BCUT2D eigenvalue weighted by Gasteiger charge is 2.38. The molecule has 1 saturated heterocycles. The summed E-state index contributed by atoms with van der Waals surface area (Å²) in [5.74, 6) is -2.58. The van der Waals surface area contributed by atoms with Crippen molar-refractivity contribution >= 4 is 35.2 Å². The fourth-order valence-corrected chi connectivity index (χ4v) is 3.23. The van der Waals surface area contributed by atoms with Gasteiger partial charge in [-0.2, -0.15) is 0 Å². The lowest BCUT2D eigenvalue weighted by atomic mass is 10.0. The largest absolute Gasteiger partial charge is 0.454 e. The summed E-state index contributed by atoms with van der Waals surface area (Å²) in [4.78, 5) is 49.6. The van der Waals surface area contributed by atoms with Gasteiger partial charge in [-0.1, -0.05) is 48.9 Å². The molecule has 2 aromatic rings. The third-order valence-electron chi connectivity index (χ3n) is 4.78. The molecule has 0 unspecified atom stereocenters. The Hall–Kier alpha value is -3.19.